The van der Waals surface area contributed by atoms with E-state index in [0.717, 1.165) is 49.6 Å². The van der Waals surface area contributed by atoms with Crippen LogP contribution in [0.1, 0.15) is 0 Å². The fourth-order valence-corrected chi connectivity index (χ4v) is 7.99. The Morgan fingerprint density at radius 1 is 0.385 bits per heavy atom. The summed E-state index contributed by atoms with van der Waals surface area (Å²) in [6.45, 7) is 0. The van der Waals surface area contributed by atoms with Crippen LogP contribution >= 0.6 is 11.3 Å². The minimum atomic E-state index is 0.643. The molecule has 0 fully saturated rings. The number of nitrogens with zero attached hydrogens (tertiary/aromatic N) is 5. The number of hydrogen-bond donors (Lipinski definition) is 0. The summed E-state index contributed by atoms with van der Waals surface area (Å²) < 4.78 is 3.57. The van der Waals surface area contributed by atoms with Crippen molar-refractivity contribution in [1.82, 2.24) is 24.5 Å². The first-order chi connectivity index (χ1) is 25.8. The monoisotopic (exact) mass is 683 g/mol. The van der Waals surface area contributed by atoms with Gasteiger partial charge in [-0.25, -0.2) is 19.9 Å². The van der Waals surface area contributed by atoms with Crippen LogP contribution in [0, 0.1) is 0 Å². The van der Waals surface area contributed by atoms with Crippen molar-refractivity contribution in [3.05, 3.63) is 176 Å². The minimum absolute atomic E-state index is 0.643. The maximum atomic E-state index is 5.05. The van der Waals surface area contributed by atoms with E-state index >= 15 is 0 Å². The molecule has 0 saturated carbocycles. The molecule has 10 aromatic rings. The fraction of sp³-hybridized carbons (Fsp3) is 0. The Morgan fingerprint density at radius 2 is 0.904 bits per heavy atom. The molecule has 7 aromatic carbocycles. The average molecular weight is 684 g/mol. The van der Waals surface area contributed by atoms with Crippen LogP contribution in [-0.2, 0) is 0 Å². The number of aromatic nitrogens is 5. The van der Waals surface area contributed by atoms with Gasteiger partial charge >= 0.3 is 0 Å². The van der Waals surface area contributed by atoms with Crippen LogP contribution in [0.2, 0.25) is 0 Å². The highest BCUT2D eigenvalue weighted by Gasteiger charge is 2.19. The Labute approximate surface area is 304 Å². The summed E-state index contributed by atoms with van der Waals surface area (Å²) in [5.74, 6) is 1.95. The van der Waals surface area contributed by atoms with E-state index in [4.69, 9.17) is 19.9 Å². The van der Waals surface area contributed by atoms with Crippen molar-refractivity contribution in [3.8, 4) is 61.5 Å². The number of thiazole rings is 1. The smallest absolute Gasteiger partial charge is 0.164 e. The molecule has 10 rings (SSSR count). The summed E-state index contributed by atoms with van der Waals surface area (Å²) in [6.07, 6.45) is 0. The number of rotatable bonds is 6. The van der Waals surface area contributed by atoms with Crippen molar-refractivity contribution in [2.75, 3.05) is 0 Å². The van der Waals surface area contributed by atoms with Gasteiger partial charge in [0.25, 0.3) is 0 Å². The first-order valence-electron chi connectivity index (χ1n) is 17.2. The van der Waals surface area contributed by atoms with Crippen molar-refractivity contribution in [3.63, 3.8) is 0 Å². The number of benzene rings is 7. The Balaban J connectivity index is 1.03. The average Bonchev–Trinajstić information content (AvgIpc) is 3.81. The van der Waals surface area contributed by atoms with Crippen LogP contribution < -0.4 is 0 Å². The molecule has 0 aliphatic rings. The van der Waals surface area contributed by atoms with E-state index in [1.165, 1.54) is 26.5 Å². The molecule has 0 N–H and O–H groups in total. The highest BCUT2D eigenvalue weighted by molar-refractivity contribution is 7.21. The van der Waals surface area contributed by atoms with Crippen LogP contribution in [-0.4, -0.2) is 24.5 Å². The Hall–Kier alpha value is -6.76. The molecule has 3 aromatic heterocycles. The number of hydrogen-bond acceptors (Lipinski definition) is 5. The summed E-state index contributed by atoms with van der Waals surface area (Å²) in [5, 5.41) is 3.47. The molecule has 0 bridgehead atoms. The van der Waals surface area contributed by atoms with Gasteiger partial charge in [0.2, 0.25) is 0 Å². The van der Waals surface area contributed by atoms with Gasteiger partial charge in [-0.1, -0.05) is 140 Å². The molecule has 244 valence electrons. The molecule has 0 spiro atoms. The van der Waals surface area contributed by atoms with Gasteiger partial charge in [0.1, 0.15) is 5.01 Å². The first kappa shape index (κ1) is 30.1. The van der Waals surface area contributed by atoms with Crippen molar-refractivity contribution < 1.29 is 0 Å². The molecule has 3 heterocycles. The summed E-state index contributed by atoms with van der Waals surface area (Å²) in [6, 6.07) is 61.0. The van der Waals surface area contributed by atoms with Gasteiger partial charge < -0.3 is 4.57 Å². The van der Waals surface area contributed by atoms with Crippen LogP contribution in [0.25, 0.3) is 93.6 Å². The van der Waals surface area contributed by atoms with Gasteiger partial charge in [-0.15, -0.1) is 11.3 Å². The molecule has 0 unspecified atom stereocenters. The molecule has 0 aliphatic carbocycles. The summed E-state index contributed by atoms with van der Waals surface area (Å²) in [7, 11) is 0. The van der Waals surface area contributed by atoms with Crippen LogP contribution in [0.4, 0.5) is 0 Å². The van der Waals surface area contributed by atoms with Gasteiger partial charge in [0, 0.05) is 38.7 Å². The lowest BCUT2D eigenvalue weighted by molar-refractivity contribution is 1.07. The quantitative estimate of drug-likeness (QED) is 0.175. The van der Waals surface area contributed by atoms with Gasteiger partial charge in [0.15, 0.2) is 17.5 Å². The third kappa shape index (κ3) is 5.25. The lowest BCUT2D eigenvalue weighted by Crippen LogP contribution is -2.00. The second kappa shape index (κ2) is 12.5. The van der Waals surface area contributed by atoms with Gasteiger partial charge in [-0.05, 0) is 47.5 Å². The second-order valence-electron chi connectivity index (χ2n) is 12.7. The molecule has 5 nitrogen and oxygen atoms in total. The van der Waals surface area contributed by atoms with Gasteiger partial charge in [-0.3, -0.25) is 0 Å². The lowest BCUT2D eigenvalue weighted by atomic mass is 10.0. The fourth-order valence-electron chi connectivity index (χ4n) is 7.00. The third-order valence-electron chi connectivity index (χ3n) is 9.52. The zero-order valence-corrected chi connectivity index (χ0v) is 28.7. The van der Waals surface area contributed by atoms with Crippen LogP contribution in [0.15, 0.2) is 176 Å². The largest absolute Gasteiger partial charge is 0.309 e. The van der Waals surface area contributed by atoms with Crippen molar-refractivity contribution >= 4 is 43.4 Å². The van der Waals surface area contributed by atoms with Crippen molar-refractivity contribution in [2.24, 2.45) is 0 Å². The summed E-state index contributed by atoms with van der Waals surface area (Å²) in [5.41, 5.74) is 10.7. The molecule has 6 heteroatoms. The molecule has 52 heavy (non-hydrogen) atoms. The SMILES string of the molecule is c1ccc(-c2nc(-c3ccccc3)nc(-c3ccc(-c4ccc(-n5c6ccccc6c6cccc(-c7nc8ccccc8s7)c65)cc4)cc3)n2)cc1. The highest BCUT2D eigenvalue weighted by atomic mass is 32.1. The van der Waals surface area contributed by atoms with E-state index in [1.54, 1.807) is 11.3 Å². The molecular formula is C46H29N5S. The maximum absolute atomic E-state index is 5.05. The summed E-state index contributed by atoms with van der Waals surface area (Å²) in [4.78, 5) is 19.7. The Bertz CT molecular complexity index is 2790. The molecule has 0 amide bonds. The Kier molecular flexibility index (Phi) is 7.25. The first-order valence-corrected chi connectivity index (χ1v) is 18.0. The van der Waals surface area contributed by atoms with Crippen molar-refractivity contribution in [2.45, 2.75) is 0 Å². The summed E-state index contributed by atoms with van der Waals surface area (Å²) >= 11 is 1.74. The van der Waals surface area contributed by atoms with E-state index in [9.17, 15) is 0 Å². The third-order valence-corrected chi connectivity index (χ3v) is 10.6. The van der Waals surface area contributed by atoms with Gasteiger partial charge in [-0.2, -0.15) is 0 Å². The minimum Gasteiger partial charge on any atom is -0.309 e. The molecule has 0 saturated heterocycles. The standard InChI is InChI=1S/C46H29N5S/c1-3-12-32(13-4-1)43-48-44(33-14-5-2-6-15-33)50-45(49-43)34-24-22-30(23-25-34)31-26-28-35(29-27-31)51-40-20-9-7-16-36(40)37-17-11-18-38(42(37)51)46-47-39-19-8-10-21-41(39)52-46/h1-29H. The highest BCUT2D eigenvalue weighted by Crippen LogP contribution is 2.40. The van der Waals surface area contributed by atoms with Gasteiger partial charge in [0.05, 0.1) is 21.3 Å². The van der Waals surface area contributed by atoms with Crippen LogP contribution in [0.3, 0.4) is 0 Å². The predicted octanol–water partition coefficient (Wildman–Crippen LogP) is 11.9. The Morgan fingerprint density at radius 3 is 1.56 bits per heavy atom. The van der Waals surface area contributed by atoms with E-state index in [-0.39, 0.29) is 0 Å². The van der Waals surface area contributed by atoms with Crippen LogP contribution in [0.5, 0.6) is 0 Å². The molecule has 0 aliphatic heterocycles. The van der Waals surface area contributed by atoms with E-state index in [0.29, 0.717) is 17.5 Å². The molecule has 0 radical (unpaired) electrons. The van der Waals surface area contributed by atoms with E-state index in [1.807, 2.05) is 60.7 Å². The number of para-hydroxylation sites is 3. The molecule has 0 atom stereocenters. The zero-order chi connectivity index (χ0) is 34.4. The second-order valence-corrected chi connectivity index (χ2v) is 13.7. The zero-order valence-electron chi connectivity index (χ0n) is 27.9. The topological polar surface area (TPSA) is 56.5 Å². The van der Waals surface area contributed by atoms with E-state index in [2.05, 4.69) is 120 Å². The predicted molar refractivity (Wildman–Crippen MR) is 215 cm³/mol. The van der Waals surface area contributed by atoms with E-state index < -0.39 is 0 Å². The molecular weight excluding hydrogens is 655 g/mol. The van der Waals surface area contributed by atoms with Crippen molar-refractivity contribution in [1.29, 1.82) is 0 Å². The normalized spacial score (nSPS) is 11.5. The lowest BCUT2D eigenvalue weighted by Gasteiger charge is -2.12. The maximum Gasteiger partial charge on any atom is 0.164 e. The number of fused-ring (bicyclic) bond motifs is 4.